The zero-order valence-corrected chi connectivity index (χ0v) is 11.2. The fourth-order valence-corrected chi connectivity index (χ4v) is 2.59. The third kappa shape index (κ3) is 4.47. The van der Waals surface area contributed by atoms with Gasteiger partial charge in [-0.3, -0.25) is 5.10 Å². The molecule has 86 valence electrons. The zero-order valence-electron chi connectivity index (χ0n) is 8.24. The highest BCUT2D eigenvalue weighted by Crippen LogP contribution is 2.04. The smallest absolute Gasteiger partial charge is 0.243 e. The SMILES string of the molecule is O=S(=O)(NCCCCCI)c1cn[nH]c1. The first-order valence-electron chi connectivity index (χ1n) is 4.71. The minimum atomic E-state index is -3.35. The van der Waals surface area contributed by atoms with E-state index in [0.717, 1.165) is 23.7 Å². The summed E-state index contributed by atoms with van der Waals surface area (Å²) >= 11 is 2.31. The van der Waals surface area contributed by atoms with Crippen LogP contribution in [-0.4, -0.2) is 29.6 Å². The summed E-state index contributed by atoms with van der Waals surface area (Å²) in [6.45, 7) is 0.490. The third-order valence-corrected chi connectivity index (χ3v) is 4.08. The van der Waals surface area contributed by atoms with Gasteiger partial charge in [-0.1, -0.05) is 29.0 Å². The summed E-state index contributed by atoms with van der Waals surface area (Å²) < 4.78 is 26.8. The van der Waals surface area contributed by atoms with Crippen LogP contribution in [-0.2, 0) is 10.0 Å². The number of aromatic nitrogens is 2. The van der Waals surface area contributed by atoms with E-state index in [2.05, 4.69) is 37.5 Å². The molecule has 0 fully saturated rings. The quantitative estimate of drug-likeness (QED) is 0.445. The van der Waals surface area contributed by atoms with Gasteiger partial charge >= 0.3 is 0 Å². The van der Waals surface area contributed by atoms with E-state index < -0.39 is 10.0 Å². The maximum Gasteiger partial charge on any atom is 0.243 e. The second kappa shape index (κ2) is 6.44. The number of aromatic amines is 1. The molecule has 0 aromatic carbocycles. The molecule has 0 bridgehead atoms. The van der Waals surface area contributed by atoms with Crippen molar-refractivity contribution in [3.63, 3.8) is 0 Å². The van der Waals surface area contributed by atoms with E-state index in [1.807, 2.05) is 0 Å². The van der Waals surface area contributed by atoms with Crippen molar-refractivity contribution in [2.75, 3.05) is 11.0 Å². The molecule has 0 saturated carbocycles. The number of nitrogens with zero attached hydrogens (tertiary/aromatic N) is 1. The molecule has 0 aliphatic rings. The maximum absolute atomic E-state index is 11.6. The Morgan fingerprint density at radius 3 is 2.80 bits per heavy atom. The lowest BCUT2D eigenvalue weighted by Gasteiger charge is -2.03. The number of rotatable bonds is 7. The lowest BCUT2D eigenvalue weighted by molar-refractivity contribution is 0.576. The van der Waals surface area contributed by atoms with Gasteiger partial charge in [0.25, 0.3) is 0 Å². The van der Waals surface area contributed by atoms with Crippen LogP contribution in [0.2, 0.25) is 0 Å². The number of H-pyrrole nitrogens is 1. The van der Waals surface area contributed by atoms with E-state index >= 15 is 0 Å². The summed E-state index contributed by atoms with van der Waals surface area (Å²) in [6, 6.07) is 0. The van der Waals surface area contributed by atoms with Gasteiger partial charge in [-0.2, -0.15) is 5.10 Å². The summed E-state index contributed by atoms with van der Waals surface area (Å²) in [6.07, 6.45) is 5.73. The summed E-state index contributed by atoms with van der Waals surface area (Å²) in [5.74, 6) is 0. The first-order valence-corrected chi connectivity index (χ1v) is 7.72. The highest BCUT2D eigenvalue weighted by Gasteiger charge is 2.13. The molecule has 2 N–H and O–H groups in total. The fraction of sp³-hybridized carbons (Fsp3) is 0.625. The molecule has 1 heterocycles. The van der Waals surface area contributed by atoms with Crippen LogP contribution in [0.3, 0.4) is 0 Å². The number of sulfonamides is 1. The lowest BCUT2D eigenvalue weighted by atomic mass is 10.3. The number of nitrogens with one attached hydrogen (secondary N) is 2. The normalized spacial score (nSPS) is 11.8. The molecule has 0 radical (unpaired) electrons. The maximum atomic E-state index is 11.6. The average Bonchev–Trinajstić information content (AvgIpc) is 2.70. The minimum Gasteiger partial charge on any atom is -0.284 e. The van der Waals surface area contributed by atoms with Crippen molar-refractivity contribution < 1.29 is 8.42 Å². The predicted molar refractivity (Wildman–Crippen MR) is 66.5 cm³/mol. The molecule has 5 nitrogen and oxygen atoms in total. The van der Waals surface area contributed by atoms with Crippen LogP contribution in [0.1, 0.15) is 19.3 Å². The first-order chi connectivity index (χ1) is 7.17. The van der Waals surface area contributed by atoms with Gasteiger partial charge in [-0.15, -0.1) is 0 Å². The molecule has 0 aliphatic carbocycles. The molecule has 0 aliphatic heterocycles. The molecule has 0 saturated heterocycles. The molecule has 1 aromatic rings. The van der Waals surface area contributed by atoms with Crippen molar-refractivity contribution in [2.24, 2.45) is 0 Å². The Kier molecular flexibility index (Phi) is 5.54. The second-order valence-electron chi connectivity index (χ2n) is 3.08. The summed E-state index contributed by atoms with van der Waals surface area (Å²) in [5, 5.41) is 6.08. The Morgan fingerprint density at radius 1 is 1.40 bits per heavy atom. The predicted octanol–water partition coefficient (Wildman–Crippen LogP) is 1.29. The molecule has 0 atom stereocenters. The van der Waals surface area contributed by atoms with Crippen LogP contribution < -0.4 is 4.72 Å². The molecule has 0 amide bonds. The third-order valence-electron chi connectivity index (χ3n) is 1.89. The van der Waals surface area contributed by atoms with Gasteiger partial charge in [-0.25, -0.2) is 13.1 Å². The van der Waals surface area contributed by atoms with E-state index in [1.54, 1.807) is 0 Å². The second-order valence-corrected chi connectivity index (χ2v) is 5.93. The van der Waals surface area contributed by atoms with Gasteiger partial charge in [0, 0.05) is 12.7 Å². The molecule has 1 rings (SSSR count). The van der Waals surface area contributed by atoms with Crippen molar-refractivity contribution in [1.29, 1.82) is 0 Å². The van der Waals surface area contributed by atoms with Gasteiger partial charge in [0.15, 0.2) is 0 Å². The highest BCUT2D eigenvalue weighted by molar-refractivity contribution is 14.1. The monoisotopic (exact) mass is 343 g/mol. The largest absolute Gasteiger partial charge is 0.284 e. The summed E-state index contributed by atoms with van der Waals surface area (Å²) in [5.41, 5.74) is 0. The Morgan fingerprint density at radius 2 is 2.20 bits per heavy atom. The highest BCUT2D eigenvalue weighted by atomic mass is 127. The van der Waals surface area contributed by atoms with Crippen molar-refractivity contribution in [1.82, 2.24) is 14.9 Å². The zero-order chi connectivity index (χ0) is 11.1. The first kappa shape index (κ1) is 12.9. The number of hydrogen-bond donors (Lipinski definition) is 2. The van der Waals surface area contributed by atoms with Gasteiger partial charge in [0.1, 0.15) is 4.90 Å². The topological polar surface area (TPSA) is 74.8 Å². The van der Waals surface area contributed by atoms with E-state index in [0.29, 0.717) is 6.54 Å². The van der Waals surface area contributed by atoms with Crippen LogP contribution in [0.25, 0.3) is 0 Å². The Labute approximate surface area is 103 Å². The van der Waals surface area contributed by atoms with Crippen molar-refractivity contribution >= 4 is 32.6 Å². The van der Waals surface area contributed by atoms with E-state index in [1.165, 1.54) is 12.4 Å². The van der Waals surface area contributed by atoms with E-state index in [-0.39, 0.29) is 4.90 Å². The number of hydrogen-bond acceptors (Lipinski definition) is 3. The molecule has 15 heavy (non-hydrogen) atoms. The van der Waals surface area contributed by atoms with Crippen LogP contribution in [0.4, 0.5) is 0 Å². The Hall–Kier alpha value is -0.150. The summed E-state index contributed by atoms with van der Waals surface area (Å²) in [7, 11) is -3.35. The number of unbranched alkanes of at least 4 members (excludes halogenated alkanes) is 2. The lowest BCUT2D eigenvalue weighted by Crippen LogP contribution is -2.24. The Balaban J connectivity index is 2.32. The van der Waals surface area contributed by atoms with Crippen LogP contribution in [0.15, 0.2) is 17.3 Å². The number of alkyl halides is 1. The van der Waals surface area contributed by atoms with Crippen molar-refractivity contribution in [2.45, 2.75) is 24.2 Å². The molecule has 7 heteroatoms. The van der Waals surface area contributed by atoms with Crippen LogP contribution >= 0.6 is 22.6 Å². The van der Waals surface area contributed by atoms with Gasteiger partial charge < -0.3 is 0 Å². The van der Waals surface area contributed by atoms with Crippen molar-refractivity contribution in [3.05, 3.63) is 12.4 Å². The molecule has 1 aromatic heterocycles. The molecule has 0 unspecified atom stereocenters. The molecule has 0 spiro atoms. The van der Waals surface area contributed by atoms with Crippen LogP contribution in [0, 0.1) is 0 Å². The van der Waals surface area contributed by atoms with Gasteiger partial charge in [0.05, 0.1) is 6.20 Å². The standard InChI is InChI=1S/C8H14IN3O2S/c9-4-2-1-3-5-12-15(13,14)8-6-10-11-7-8/h6-7,12H,1-5H2,(H,10,11). The minimum absolute atomic E-state index is 0.191. The average molecular weight is 343 g/mol. The fourth-order valence-electron chi connectivity index (χ4n) is 1.07. The van der Waals surface area contributed by atoms with Gasteiger partial charge in [0.2, 0.25) is 10.0 Å². The Bertz CT molecular complexity index is 363. The van der Waals surface area contributed by atoms with E-state index in [4.69, 9.17) is 0 Å². The summed E-state index contributed by atoms with van der Waals surface area (Å²) in [4.78, 5) is 0.191. The van der Waals surface area contributed by atoms with E-state index in [9.17, 15) is 8.42 Å². The van der Waals surface area contributed by atoms with Crippen LogP contribution in [0.5, 0.6) is 0 Å². The molecular weight excluding hydrogens is 329 g/mol. The number of halogens is 1. The van der Waals surface area contributed by atoms with Gasteiger partial charge in [-0.05, 0) is 17.3 Å². The van der Waals surface area contributed by atoms with Crippen molar-refractivity contribution in [3.8, 4) is 0 Å². The molecular formula is C8H14IN3O2S.